The highest BCUT2D eigenvalue weighted by Crippen LogP contribution is 2.41. The second-order valence-corrected chi connectivity index (χ2v) is 23.9. The number of hydrogen-bond acceptors (Lipinski definition) is 22. The van der Waals surface area contributed by atoms with Crippen molar-refractivity contribution in [2.45, 2.75) is 50.0 Å². The molecule has 94 heavy (non-hydrogen) atoms. The summed E-state index contributed by atoms with van der Waals surface area (Å²) in [6.45, 7) is 11.9. The molecule has 518 valence electrons. The number of hydrogen-bond donors (Lipinski definition) is 8. The Balaban J connectivity index is 0.639. The molecule has 0 aliphatic carbocycles. The van der Waals surface area contributed by atoms with Crippen LogP contribution in [0.1, 0.15) is 69.2 Å². The first-order valence-corrected chi connectivity index (χ1v) is 33.1. The number of fused-ring (bicyclic) bond motifs is 2. The summed E-state index contributed by atoms with van der Waals surface area (Å²) in [5.74, 6) is -0.974. The lowest BCUT2D eigenvalue weighted by molar-refractivity contribution is -0.136. The van der Waals surface area contributed by atoms with Crippen molar-refractivity contribution in [3.63, 3.8) is 0 Å². The third-order valence-electron chi connectivity index (χ3n) is 15.0. The van der Waals surface area contributed by atoms with Crippen molar-refractivity contribution in [1.82, 2.24) is 31.1 Å². The molecule has 2 aliphatic rings. The normalized spacial score (nSPS) is 15.9. The number of rotatable bonds is 49. The minimum absolute atomic E-state index is 0.0748. The maximum Gasteiger partial charge on any atom is 0.251 e. The summed E-state index contributed by atoms with van der Waals surface area (Å²) < 4.78 is 55.6. The van der Waals surface area contributed by atoms with E-state index < -0.39 is 18.1 Å². The molecule has 2 heterocycles. The van der Waals surface area contributed by atoms with Gasteiger partial charge in [-0.1, -0.05) is 82.8 Å². The molecule has 0 aromatic heterocycles. The van der Waals surface area contributed by atoms with Crippen LogP contribution in [0.4, 0.5) is 0 Å². The fraction of sp³-hybridized carbons (Fsp3) is 0.545. The van der Waals surface area contributed by atoms with Crippen LogP contribution in [0.3, 0.4) is 0 Å². The molecular weight excluding hydrogens is 1300 g/mol. The van der Waals surface area contributed by atoms with E-state index in [9.17, 15) is 19.8 Å². The van der Waals surface area contributed by atoms with Gasteiger partial charge in [0.2, 0.25) is 5.91 Å². The molecule has 0 spiro atoms. The number of aliphatic hydroxyl groups excluding tert-OH is 2. The Morgan fingerprint density at radius 3 is 1.24 bits per heavy atom. The van der Waals surface area contributed by atoms with Gasteiger partial charge in [0.1, 0.15) is 11.4 Å². The Bertz CT molecular complexity index is 2990. The van der Waals surface area contributed by atoms with Crippen molar-refractivity contribution in [2.75, 3.05) is 186 Å². The molecule has 2 amide bonds. The standard InChI is InChI=1S/C66H92Cl4N10O14/c1-79-43-55(53-37-51(67)39-59(69)57(53)45-79)47-5-3-7-49(35-47)61(77-71)41-73-11-15-85-19-23-89-27-31-93-33-29-91-25-21-87-17-13-75-64(82)10-9-63(81)65(83)66(84)76-14-18-88-22-26-92-30-34-94-32-28-90-24-20-86-16-12-74-42-62(78-72)50-8-4-6-48(36-50)56-44-80(2)46-58-54(56)38-52(68)40-60(58)70/h3-8,35-42,55-56,63,65,71-74,81,83H,9-34,43-46H2,1-2H3,(H,75,82)(H,76,84)/b61-41-,62-42-,77-71?,78-72?/t55-,56?,63-,65+/m0/s1. The first-order chi connectivity index (χ1) is 45.8. The van der Waals surface area contributed by atoms with Gasteiger partial charge >= 0.3 is 0 Å². The number of carbonyl (C=O) groups excluding carboxylic acids is 2. The molecule has 4 atom stereocenters. The summed E-state index contributed by atoms with van der Waals surface area (Å²) in [5.41, 5.74) is 24.9. The number of carbonyl (C=O) groups is 2. The molecule has 2 aliphatic heterocycles. The van der Waals surface area contributed by atoms with Gasteiger partial charge in [-0.3, -0.25) is 9.59 Å². The topological polar surface area (TPSA) is 294 Å². The zero-order chi connectivity index (χ0) is 67.1. The van der Waals surface area contributed by atoms with Crippen LogP contribution < -0.4 is 21.3 Å². The maximum absolute atomic E-state index is 12.3. The van der Waals surface area contributed by atoms with E-state index in [1.807, 2.05) is 36.4 Å². The summed E-state index contributed by atoms with van der Waals surface area (Å²) in [6, 6.07) is 23.7. The monoisotopic (exact) mass is 1390 g/mol. The fourth-order valence-electron chi connectivity index (χ4n) is 10.3. The lowest BCUT2D eigenvalue weighted by Crippen LogP contribution is -2.43. The molecule has 6 rings (SSSR count). The Labute approximate surface area is 571 Å². The summed E-state index contributed by atoms with van der Waals surface area (Å²) in [7, 11) is 4.15. The van der Waals surface area contributed by atoms with Crippen molar-refractivity contribution < 1.29 is 67.2 Å². The average molecular weight is 1390 g/mol. The first-order valence-electron chi connectivity index (χ1n) is 31.6. The Morgan fingerprint density at radius 2 is 0.872 bits per heavy atom. The number of benzene rings is 4. The molecule has 8 N–H and O–H groups in total. The van der Waals surface area contributed by atoms with Crippen LogP contribution in [0.5, 0.6) is 0 Å². The Kier molecular flexibility index (Phi) is 37.4. The number of nitrogens with one attached hydrogen (secondary N) is 6. The van der Waals surface area contributed by atoms with Crippen LogP contribution in [-0.4, -0.2) is 230 Å². The summed E-state index contributed by atoms with van der Waals surface area (Å²) in [5, 5.41) is 42.2. The van der Waals surface area contributed by atoms with Gasteiger partial charge in [0, 0.05) is 114 Å². The third kappa shape index (κ3) is 28.4. The number of amides is 2. The van der Waals surface area contributed by atoms with E-state index in [0.717, 1.165) is 70.7 Å². The molecule has 4 aromatic rings. The molecule has 4 aromatic carbocycles. The van der Waals surface area contributed by atoms with Crippen LogP contribution in [0.2, 0.25) is 20.1 Å². The molecule has 0 bridgehead atoms. The SMILES string of the molecule is CN1Cc2c(Cl)cc(Cl)cc2C(c2cccc(/C(=C/NCCOCCOCCOCCOCCOCCNC(=O)[C@H](O)[C@@H](O)CCC(=O)NCCOCCOCCOCCOCCOCCN/C=C(\N=N)c3cccc([C@@H]4CN(C)Cc5c(Cl)cc(Cl)cc54)c3)N=N)c2)C1. The van der Waals surface area contributed by atoms with Crippen molar-refractivity contribution in [3.8, 4) is 0 Å². The first kappa shape index (κ1) is 77.7. The summed E-state index contributed by atoms with van der Waals surface area (Å²) >= 11 is 25.9. The minimum Gasteiger partial charge on any atom is -0.390 e. The van der Waals surface area contributed by atoms with Gasteiger partial charge in [-0.25, -0.2) is 11.1 Å². The van der Waals surface area contributed by atoms with Crippen molar-refractivity contribution >= 4 is 69.6 Å². The molecule has 28 heteroatoms. The van der Waals surface area contributed by atoms with Gasteiger partial charge in [-0.05, 0) is 90.3 Å². The molecule has 1 unspecified atom stereocenters. The lowest BCUT2D eigenvalue weighted by Gasteiger charge is -2.33. The average Bonchev–Trinajstić information content (AvgIpc) is 0.787. The number of likely N-dealkylation sites (N-methyl/N-ethyl adjacent to an activating group) is 2. The highest BCUT2D eigenvalue weighted by Gasteiger charge is 2.30. The van der Waals surface area contributed by atoms with Gasteiger partial charge in [-0.2, -0.15) is 10.2 Å². The molecule has 0 radical (unpaired) electrons. The fourth-order valence-corrected chi connectivity index (χ4v) is 11.5. The van der Waals surface area contributed by atoms with E-state index in [2.05, 4.69) is 79.7 Å². The van der Waals surface area contributed by atoms with E-state index >= 15 is 0 Å². The van der Waals surface area contributed by atoms with Crippen LogP contribution >= 0.6 is 46.4 Å². The van der Waals surface area contributed by atoms with Gasteiger partial charge in [0.05, 0.1) is 138 Å². The van der Waals surface area contributed by atoms with E-state index in [1.165, 1.54) is 0 Å². The van der Waals surface area contributed by atoms with Crippen LogP contribution in [0, 0.1) is 11.1 Å². The van der Waals surface area contributed by atoms with Crippen molar-refractivity contribution in [1.29, 1.82) is 11.1 Å². The molecule has 0 saturated heterocycles. The van der Waals surface area contributed by atoms with E-state index in [1.54, 1.807) is 24.5 Å². The predicted molar refractivity (Wildman–Crippen MR) is 360 cm³/mol. The van der Waals surface area contributed by atoms with Crippen molar-refractivity contribution in [2.24, 2.45) is 10.2 Å². The quantitative estimate of drug-likeness (QED) is 0.0154. The second-order valence-electron chi connectivity index (χ2n) is 22.2. The zero-order valence-electron chi connectivity index (χ0n) is 53.7. The number of halogens is 4. The zero-order valence-corrected chi connectivity index (χ0v) is 56.7. The molecule has 24 nitrogen and oxygen atoms in total. The van der Waals surface area contributed by atoms with Crippen LogP contribution in [-0.2, 0) is 70.0 Å². The van der Waals surface area contributed by atoms with Gasteiger partial charge in [0.25, 0.3) is 5.91 Å². The maximum atomic E-state index is 12.3. The summed E-state index contributed by atoms with van der Waals surface area (Å²) in [6.07, 6.45) is 0.0971. The Morgan fingerprint density at radius 1 is 0.521 bits per heavy atom. The van der Waals surface area contributed by atoms with Crippen molar-refractivity contribution in [3.05, 3.63) is 150 Å². The number of ether oxygens (including phenoxy) is 10. The highest BCUT2D eigenvalue weighted by atomic mass is 35.5. The minimum atomic E-state index is -1.70. The lowest BCUT2D eigenvalue weighted by atomic mass is 9.84. The van der Waals surface area contributed by atoms with Gasteiger partial charge in [0.15, 0.2) is 6.10 Å². The number of aliphatic hydroxyl groups is 2. The third-order valence-corrected chi connectivity index (χ3v) is 16.2. The largest absolute Gasteiger partial charge is 0.390 e. The Hall–Kier alpha value is -5.30. The van der Waals surface area contributed by atoms with Crippen LogP contribution in [0.25, 0.3) is 11.4 Å². The van der Waals surface area contributed by atoms with Gasteiger partial charge in [-0.15, -0.1) is 0 Å². The van der Waals surface area contributed by atoms with E-state index in [4.69, 9.17) is 105 Å². The second kappa shape index (κ2) is 45.3. The van der Waals surface area contributed by atoms with Gasteiger partial charge < -0.3 is 88.6 Å². The smallest absolute Gasteiger partial charge is 0.251 e. The molecule has 0 fully saturated rings. The summed E-state index contributed by atoms with van der Waals surface area (Å²) in [4.78, 5) is 29.1. The van der Waals surface area contributed by atoms with E-state index in [0.29, 0.717) is 157 Å². The number of nitrogens with zero attached hydrogens (tertiary/aromatic N) is 4. The predicted octanol–water partition coefficient (Wildman–Crippen LogP) is 7.89. The van der Waals surface area contributed by atoms with E-state index in [-0.39, 0.29) is 63.5 Å². The van der Waals surface area contributed by atoms with Crippen LogP contribution in [0.15, 0.2) is 95.4 Å². The molecular formula is C66H92Cl4N10O14. The highest BCUT2D eigenvalue weighted by molar-refractivity contribution is 6.35. The molecule has 0 saturated carbocycles.